The topological polar surface area (TPSA) is 71.5 Å². The predicted octanol–water partition coefficient (Wildman–Crippen LogP) is 3.50. The Labute approximate surface area is 155 Å². The van der Waals surface area contributed by atoms with Crippen molar-refractivity contribution < 1.29 is 14.3 Å². The van der Waals surface area contributed by atoms with E-state index in [-0.39, 0.29) is 18.4 Å². The quantitative estimate of drug-likeness (QED) is 0.830. The third-order valence-electron chi connectivity index (χ3n) is 3.21. The Morgan fingerprint density at radius 2 is 1.96 bits per heavy atom. The van der Waals surface area contributed by atoms with E-state index in [1.165, 1.54) is 18.1 Å². The molecular formula is C17H17Cl2N3O3. The lowest BCUT2D eigenvalue weighted by atomic mass is 10.2. The summed E-state index contributed by atoms with van der Waals surface area (Å²) in [5.41, 5.74) is 0.872. The minimum absolute atomic E-state index is 0.119. The molecule has 0 unspecified atom stereocenters. The second kappa shape index (κ2) is 8.69. The van der Waals surface area contributed by atoms with Gasteiger partial charge in [0.05, 0.1) is 28.8 Å². The fraction of sp³-hybridized carbons (Fsp3) is 0.235. The summed E-state index contributed by atoms with van der Waals surface area (Å²) >= 11 is 11.7. The zero-order valence-electron chi connectivity index (χ0n) is 13.8. The molecule has 2 rings (SSSR count). The van der Waals surface area contributed by atoms with E-state index in [1.54, 1.807) is 30.3 Å². The molecule has 2 amide bonds. The lowest BCUT2D eigenvalue weighted by molar-refractivity contribution is -0.116. The van der Waals surface area contributed by atoms with Crippen molar-refractivity contribution in [2.24, 2.45) is 0 Å². The molecule has 0 saturated carbocycles. The summed E-state index contributed by atoms with van der Waals surface area (Å²) in [6, 6.07) is 7.97. The maximum absolute atomic E-state index is 12.3. The molecule has 0 atom stereocenters. The van der Waals surface area contributed by atoms with Gasteiger partial charge in [0.25, 0.3) is 5.91 Å². The third kappa shape index (κ3) is 5.34. The number of ether oxygens (including phenoxy) is 1. The Morgan fingerprint density at radius 1 is 1.20 bits per heavy atom. The van der Waals surface area contributed by atoms with Gasteiger partial charge < -0.3 is 15.0 Å². The van der Waals surface area contributed by atoms with E-state index < -0.39 is 0 Å². The highest BCUT2D eigenvalue weighted by atomic mass is 35.5. The van der Waals surface area contributed by atoms with Gasteiger partial charge in [-0.3, -0.25) is 9.59 Å². The molecule has 6 nitrogen and oxygen atoms in total. The van der Waals surface area contributed by atoms with Crippen LogP contribution in [0.5, 0.6) is 5.88 Å². The van der Waals surface area contributed by atoms with E-state index in [1.807, 2.05) is 6.92 Å². The minimum atomic E-state index is -0.354. The highest BCUT2D eigenvalue weighted by molar-refractivity contribution is 6.42. The molecule has 1 aromatic heterocycles. The molecule has 132 valence electrons. The van der Waals surface area contributed by atoms with Crippen molar-refractivity contribution in [2.75, 3.05) is 25.5 Å². The molecular weight excluding hydrogens is 365 g/mol. The van der Waals surface area contributed by atoms with Crippen molar-refractivity contribution in [1.82, 2.24) is 9.88 Å². The molecule has 0 radical (unpaired) electrons. The van der Waals surface area contributed by atoms with Gasteiger partial charge in [-0.05, 0) is 31.2 Å². The smallest absolute Gasteiger partial charge is 0.255 e. The highest BCUT2D eigenvalue weighted by Gasteiger charge is 2.16. The highest BCUT2D eigenvalue weighted by Crippen LogP contribution is 2.24. The summed E-state index contributed by atoms with van der Waals surface area (Å²) in [5.74, 6) is -0.230. The van der Waals surface area contributed by atoms with Gasteiger partial charge in [-0.1, -0.05) is 23.2 Å². The Morgan fingerprint density at radius 3 is 2.56 bits per heavy atom. The van der Waals surface area contributed by atoms with Crippen LogP contribution in [-0.4, -0.2) is 41.9 Å². The van der Waals surface area contributed by atoms with Gasteiger partial charge in [-0.2, -0.15) is 0 Å². The second-order valence-corrected chi connectivity index (χ2v) is 5.97. The summed E-state index contributed by atoms with van der Waals surface area (Å²) in [5, 5.41) is 3.40. The molecule has 0 aliphatic heterocycles. The first-order chi connectivity index (χ1) is 11.9. The number of hydrogen-bond acceptors (Lipinski definition) is 4. The number of carbonyl (C=O) groups excluding carboxylic acids is 2. The van der Waals surface area contributed by atoms with E-state index in [4.69, 9.17) is 27.9 Å². The van der Waals surface area contributed by atoms with Crippen molar-refractivity contribution >= 4 is 40.7 Å². The molecule has 1 aromatic carbocycles. The largest absolute Gasteiger partial charge is 0.478 e. The number of carbonyl (C=O) groups is 2. The molecule has 1 heterocycles. The lowest BCUT2D eigenvalue weighted by Gasteiger charge is -2.17. The van der Waals surface area contributed by atoms with E-state index >= 15 is 0 Å². The molecule has 0 fully saturated rings. The molecule has 2 aromatic rings. The average Bonchev–Trinajstić information content (AvgIpc) is 2.58. The van der Waals surface area contributed by atoms with E-state index in [0.717, 1.165) is 0 Å². The number of amides is 2. The summed E-state index contributed by atoms with van der Waals surface area (Å²) in [4.78, 5) is 29.7. The number of nitrogens with zero attached hydrogens (tertiary/aromatic N) is 2. The first-order valence-electron chi connectivity index (χ1n) is 7.50. The maximum atomic E-state index is 12.3. The van der Waals surface area contributed by atoms with Gasteiger partial charge in [0.15, 0.2) is 0 Å². The molecule has 0 spiro atoms. The van der Waals surface area contributed by atoms with Gasteiger partial charge in [0.1, 0.15) is 0 Å². The van der Waals surface area contributed by atoms with Gasteiger partial charge >= 0.3 is 0 Å². The summed E-state index contributed by atoms with van der Waals surface area (Å²) in [6.07, 6.45) is 1.42. The Kier molecular flexibility index (Phi) is 6.61. The summed E-state index contributed by atoms with van der Waals surface area (Å²) in [6.45, 7) is 2.22. The van der Waals surface area contributed by atoms with Crippen LogP contribution in [0.15, 0.2) is 36.5 Å². The number of anilines is 1. The standard InChI is InChI=1S/C17H17Cl2N3O3/c1-3-25-16-7-4-11(9-20-16)17(24)22(2)10-15(23)21-12-5-6-13(18)14(19)8-12/h4-9H,3,10H2,1-2H3,(H,21,23). The number of benzene rings is 1. The Balaban J connectivity index is 1.95. The monoisotopic (exact) mass is 381 g/mol. The summed E-state index contributed by atoms with van der Waals surface area (Å²) in [7, 11) is 1.53. The van der Waals surface area contributed by atoms with Crippen molar-refractivity contribution in [1.29, 1.82) is 0 Å². The fourth-order valence-corrected chi connectivity index (χ4v) is 2.32. The van der Waals surface area contributed by atoms with Crippen molar-refractivity contribution in [3.63, 3.8) is 0 Å². The van der Waals surface area contributed by atoms with Gasteiger partial charge in [0, 0.05) is 25.0 Å². The molecule has 8 heteroatoms. The van der Waals surface area contributed by atoms with Gasteiger partial charge in [0.2, 0.25) is 11.8 Å². The number of likely N-dealkylation sites (N-methyl/N-ethyl adjacent to an activating group) is 1. The fourth-order valence-electron chi connectivity index (χ4n) is 2.02. The Hall–Kier alpha value is -2.31. The van der Waals surface area contributed by atoms with Gasteiger partial charge in [-0.25, -0.2) is 4.98 Å². The predicted molar refractivity (Wildman–Crippen MR) is 97.5 cm³/mol. The van der Waals surface area contributed by atoms with Crippen LogP contribution >= 0.6 is 23.2 Å². The van der Waals surface area contributed by atoms with Crippen LogP contribution in [0.3, 0.4) is 0 Å². The molecule has 0 bridgehead atoms. The number of rotatable bonds is 6. The minimum Gasteiger partial charge on any atom is -0.478 e. The lowest BCUT2D eigenvalue weighted by Crippen LogP contribution is -2.35. The first kappa shape index (κ1) is 19.0. The van der Waals surface area contributed by atoms with Crippen LogP contribution in [0.4, 0.5) is 5.69 Å². The zero-order chi connectivity index (χ0) is 18.4. The number of aromatic nitrogens is 1. The van der Waals surface area contributed by atoms with Crippen molar-refractivity contribution in [3.8, 4) is 5.88 Å². The zero-order valence-corrected chi connectivity index (χ0v) is 15.3. The van der Waals surface area contributed by atoms with Crippen molar-refractivity contribution in [2.45, 2.75) is 6.92 Å². The number of nitrogens with one attached hydrogen (secondary N) is 1. The van der Waals surface area contributed by atoms with E-state index in [2.05, 4.69) is 10.3 Å². The SMILES string of the molecule is CCOc1ccc(C(=O)N(C)CC(=O)Nc2ccc(Cl)c(Cl)c2)cn1. The maximum Gasteiger partial charge on any atom is 0.255 e. The average molecular weight is 382 g/mol. The van der Waals surface area contributed by atoms with Crippen LogP contribution in [-0.2, 0) is 4.79 Å². The Bertz CT molecular complexity index is 766. The molecule has 25 heavy (non-hydrogen) atoms. The van der Waals surface area contributed by atoms with E-state index in [0.29, 0.717) is 33.8 Å². The van der Waals surface area contributed by atoms with Crippen LogP contribution in [0.1, 0.15) is 17.3 Å². The van der Waals surface area contributed by atoms with Crippen molar-refractivity contribution in [3.05, 3.63) is 52.1 Å². The number of hydrogen-bond donors (Lipinski definition) is 1. The molecule has 0 aliphatic rings. The van der Waals surface area contributed by atoms with Crippen LogP contribution < -0.4 is 10.1 Å². The van der Waals surface area contributed by atoms with Crippen LogP contribution in [0.25, 0.3) is 0 Å². The normalized spacial score (nSPS) is 10.2. The molecule has 0 aliphatic carbocycles. The van der Waals surface area contributed by atoms with Gasteiger partial charge in [-0.15, -0.1) is 0 Å². The first-order valence-corrected chi connectivity index (χ1v) is 8.25. The third-order valence-corrected chi connectivity index (χ3v) is 3.95. The number of pyridine rings is 1. The second-order valence-electron chi connectivity index (χ2n) is 5.16. The van der Waals surface area contributed by atoms with E-state index in [9.17, 15) is 9.59 Å². The van der Waals surface area contributed by atoms with Crippen LogP contribution in [0, 0.1) is 0 Å². The summed E-state index contributed by atoms with van der Waals surface area (Å²) < 4.78 is 5.23. The molecule has 1 N–H and O–H groups in total. The number of halogens is 2. The van der Waals surface area contributed by atoms with Crippen LogP contribution in [0.2, 0.25) is 10.0 Å². The molecule has 0 saturated heterocycles.